The van der Waals surface area contributed by atoms with Crippen LogP contribution in [0.5, 0.6) is 0 Å². The van der Waals surface area contributed by atoms with E-state index in [2.05, 4.69) is 6.92 Å². The highest BCUT2D eigenvalue weighted by Crippen LogP contribution is 2.28. The number of fused-ring (bicyclic) bond motifs is 1. The standard InChI is InChI=1S/C13H24O4/c1-11-2-3-12-13(10-11)17-9-7-15-5-4-14-6-8-16-12/h11-13H,2-10H2,1H3. The van der Waals surface area contributed by atoms with E-state index in [1.54, 1.807) is 0 Å². The molecule has 100 valence electrons. The summed E-state index contributed by atoms with van der Waals surface area (Å²) in [7, 11) is 0. The SMILES string of the molecule is CC1CCC2OCCOCCOCCOC2C1. The Bertz CT molecular complexity index is 210. The van der Waals surface area contributed by atoms with Gasteiger partial charge in [-0.15, -0.1) is 0 Å². The van der Waals surface area contributed by atoms with Crippen LogP contribution in [0, 0.1) is 5.92 Å². The predicted octanol–water partition coefficient (Wildman–Crippen LogP) is 1.62. The number of ether oxygens (including phenoxy) is 4. The van der Waals surface area contributed by atoms with E-state index < -0.39 is 0 Å². The van der Waals surface area contributed by atoms with Crippen LogP contribution >= 0.6 is 0 Å². The lowest BCUT2D eigenvalue weighted by atomic mass is 9.86. The second-order valence-corrected chi connectivity index (χ2v) is 4.96. The Hall–Kier alpha value is -0.160. The van der Waals surface area contributed by atoms with Gasteiger partial charge in [0, 0.05) is 0 Å². The maximum absolute atomic E-state index is 5.90. The highest BCUT2D eigenvalue weighted by Gasteiger charge is 2.30. The van der Waals surface area contributed by atoms with Crippen LogP contribution in [-0.4, -0.2) is 51.8 Å². The van der Waals surface area contributed by atoms with Gasteiger partial charge in [0.15, 0.2) is 0 Å². The van der Waals surface area contributed by atoms with Gasteiger partial charge in [-0.3, -0.25) is 0 Å². The first-order valence-electron chi connectivity index (χ1n) is 6.75. The van der Waals surface area contributed by atoms with Gasteiger partial charge in [0.25, 0.3) is 0 Å². The molecule has 0 N–H and O–H groups in total. The number of hydrogen-bond acceptors (Lipinski definition) is 4. The molecule has 0 aromatic rings. The topological polar surface area (TPSA) is 36.9 Å². The van der Waals surface area contributed by atoms with Crippen LogP contribution in [0.15, 0.2) is 0 Å². The van der Waals surface area contributed by atoms with Crippen molar-refractivity contribution >= 4 is 0 Å². The Morgan fingerprint density at radius 2 is 1.29 bits per heavy atom. The molecule has 0 amide bonds. The van der Waals surface area contributed by atoms with Crippen molar-refractivity contribution in [3.8, 4) is 0 Å². The van der Waals surface area contributed by atoms with Crippen LogP contribution in [0.25, 0.3) is 0 Å². The third-order valence-electron chi connectivity index (χ3n) is 3.48. The summed E-state index contributed by atoms with van der Waals surface area (Å²) in [5, 5.41) is 0. The Morgan fingerprint density at radius 1 is 0.706 bits per heavy atom. The number of hydrogen-bond donors (Lipinski definition) is 0. The predicted molar refractivity (Wildman–Crippen MR) is 64.1 cm³/mol. The third-order valence-corrected chi connectivity index (χ3v) is 3.48. The van der Waals surface area contributed by atoms with Crippen LogP contribution in [0.3, 0.4) is 0 Å². The molecule has 0 aromatic heterocycles. The second-order valence-electron chi connectivity index (χ2n) is 4.96. The summed E-state index contributed by atoms with van der Waals surface area (Å²) in [5.41, 5.74) is 0. The zero-order valence-corrected chi connectivity index (χ0v) is 10.7. The van der Waals surface area contributed by atoms with Crippen molar-refractivity contribution in [3.63, 3.8) is 0 Å². The van der Waals surface area contributed by atoms with E-state index in [0.29, 0.717) is 39.6 Å². The molecule has 2 fully saturated rings. The van der Waals surface area contributed by atoms with Gasteiger partial charge in [0.1, 0.15) is 0 Å². The van der Waals surface area contributed by atoms with E-state index in [-0.39, 0.29) is 12.2 Å². The van der Waals surface area contributed by atoms with Gasteiger partial charge in [-0.1, -0.05) is 6.92 Å². The Morgan fingerprint density at radius 3 is 2.00 bits per heavy atom. The summed E-state index contributed by atoms with van der Waals surface area (Å²) in [6, 6.07) is 0. The van der Waals surface area contributed by atoms with Crippen molar-refractivity contribution in [1.82, 2.24) is 0 Å². The lowest BCUT2D eigenvalue weighted by Gasteiger charge is -2.34. The quantitative estimate of drug-likeness (QED) is 0.649. The molecule has 1 saturated heterocycles. The van der Waals surface area contributed by atoms with Gasteiger partial charge in [-0.25, -0.2) is 0 Å². The van der Waals surface area contributed by atoms with Crippen molar-refractivity contribution in [2.45, 2.75) is 38.4 Å². The van der Waals surface area contributed by atoms with Crippen molar-refractivity contribution in [2.24, 2.45) is 5.92 Å². The molecule has 2 rings (SSSR count). The van der Waals surface area contributed by atoms with E-state index in [1.165, 1.54) is 6.42 Å². The molecule has 4 nitrogen and oxygen atoms in total. The van der Waals surface area contributed by atoms with Crippen LogP contribution in [0.4, 0.5) is 0 Å². The average molecular weight is 244 g/mol. The maximum atomic E-state index is 5.90. The van der Waals surface area contributed by atoms with E-state index in [1.807, 2.05) is 0 Å². The fourth-order valence-electron chi connectivity index (χ4n) is 2.51. The fraction of sp³-hybridized carbons (Fsp3) is 1.00. The summed E-state index contributed by atoms with van der Waals surface area (Å²) < 4.78 is 22.6. The molecule has 1 saturated carbocycles. The van der Waals surface area contributed by atoms with E-state index in [0.717, 1.165) is 18.8 Å². The van der Waals surface area contributed by atoms with Gasteiger partial charge in [-0.2, -0.15) is 0 Å². The Kier molecular flexibility index (Phi) is 5.71. The van der Waals surface area contributed by atoms with E-state index in [4.69, 9.17) is 18.9 Å². The van der Waals surface area contributed by atoms with Crippen molar-refractivity contribution in [1.29, 1.82) is 0 Å². The molecule has 3 atom stereocenters. The fourth-order valence-corrected chi connectivity index (χ4v) is 2.51. The summed E-state index contributed by atoms with van der Waals surface area (Å²) in [5.74, 6) is 0.741. The molecule has 1 aliphatic heterocycles. The lowest BCUT2D eigenvalue weighted by Crippen LogP contribution is -2.39. The molecule has 0 bridgehead atoms. The van der Waals surface area contributed by atoms with E-state index >= 15 is 0 Å². The lowest BCUT2D eigenvalue weighted by molar-refractivity contribution is -0.125. The summed E-state index contributed by atoms with van der Waals surface area (Å²) >= 11 is 0. The first-order valence-corrected chi connectivity index (χ1v) is 6.75. The zero-order chi connectivity index (χ0) is 11.9. The van der Waals surface area contributed by atoms with Crippen LogP contribution in [-0.2, 0) is 18.9 Å². The third kappa shape index (κ3) is 4.54. The maximum Gasteiger partial charge on any atom is 0.0840 e. The average Bonchev–Trinajstić information content (AvgIpc) is 2.31. The first-order chi connectivity index (χ1) is 8.36. The molecule has 0 aromatic carbocycles. The van der Waals surface area contributed by atoms with Crippen LogP contribution < -0.4 is 0 Å². The van der Waals surface area contributed by atoms with Crippen molar-refractivity contribution in [3.05, 3.63) is 0 Å². The molecular weight excluding hydrogens is 220 g/mol. The highest BCUT2D eigenvalue weighted by molar-refractivity contribution is 4.80. The van der Waals surface area contributed by atoms with E-state index in [9.17, 15) is 0 Å². The molecule has 1 aliphatic carbocycles. The van der Waals surface area contributed by atoms with Gasteiger partial charge < -0.3 is 18.9 Å². The minimum atomic E-state index is 0.238. The van der Waals surface area contributed by atoms with Gasteiger partial charge in [-0.05, 0) is 25.2 Å². The highest BCUT2D eigenvalue weighted by atomic mass is 16.6. The summed E-state index contributed by atoms with van der Waals surface area (Å²) in [4.78, 5) is 0. The summed E-state index contributed by atoms with van der Waals surface area (Å²) in [6.45, 7) is 6.22. The summed E-state index contributed by atoms with van der Waals surface area (Å²) in [6.07, 6.45) is 3.93. The minimum Gasteiger partial charge on any atom is -0.377 e. The largest absolute Gasteiger partial charge is 0.377 e. The van der Waals surface area contributed by atoms with Crippen molar-refractivity contribution in [2.75, 3.05) is 39.6 Å². The second kappa shape index (κ2) is 7.31. The molecule has 4 heteroatoms. The Labute approximate surface area is 104 Å². The van der Waals surface area contributed by atoms with Gasteiger partial charge in [0.2, 0.25) is 0 Å². The minimum absolute atomic E-state index is 0.238. The normalized spacial score (nSPS) is 37.6. The van der Waals surface area contributed by atoms with Crippen LogP contribution in [0.2, 0.25) is 0 Å². The van der Waals surface area contributed by atoms with Crippen LogP contribution in [0.1, 0.15) is 26.2 Å². The molecule has 0 radical (unpaired) electrons. The Balaban J connectivity index is 1.83. The van der Waals surface area contributed by atoms with Gasteiger partial charge >= 0.3 is 0 Å². The molecule has 2 aliphatic rings. The molecular formula is C13H24O4. The van der Waals surface area contributed by atoms with Gasteiger partial charge in [0.05, 0.1) is 51.8 Å². The number of rotatable bonds is 0. The first kappa shape index (κ1) is 13.3. The van der Waals surface area contributed by atoms with Crippen molar-refractivity contribution < 1.29 is 18.9 Å². The molecule has 17 heavy (non-hydrogen) atoms. The smallest absolute Gasteiger partial charge is 0.0840 e. The molecule has 0 spiro atoms. The molecule has 3 unspecified atom stereocenters. The monoisotopic (exact) mass is 244 g/mol. The molecule has 1 heterocycles. The zero-order valence-electron chi connectivity index (χ0n) is 10.7.